The molecule has 0 saturated carbocycles. The molecule has 0 heterocycles. The van der Waals surface area contributed by atoms with Crippen molar-refractivity contribution < 1.29 is 9.53 Å². The Labute approximate surface area is 107 Å². The first kappa shape index (κ1) is 14.0. The van der Waals surface area contributed by atoms with E-state index in [1.54, 1.807) is 31.2 Å². The number of nitrogens with two attached hydrogens (primary N) is 1. The van der Waals surface area contributed by atoms with Crippen LogP contribution in [0.1, 0.15) is 33.3 Å². The zero-order valence-corrected chi connectivity index (χ0v) is 11.3. The van der Waals surface area contributed by atoms with Gasteiger partial charge in [0.05, 0.1) is 0 Å². The summed E-state index contributed by atoms with van der Waals surface area (Å²) in [6, 6.07) is 6.86. The van der Waals surface area contributed by atoms with Crippen LogP contribution in [-0.4, -0.2) is 11.6 Å². The smallest absolute Gasteiger partial charge is 0.331 e. The summed E-state index contributed by atoms with van der Waals surface area (Å²) in [5.41, 5.74) is 4.98. The molecule has 1 aromatic rings. The Balaban J connectivity index is 2.94. The van der Waals surface area contributed by atoms with Gasteiger partial charge in [-0.3, -0.25) is 0 Å². The minimum Gasteiger partial charge on any atom is -0.458 e. The summed E-state index contributed by atoms with van der Waals surface area (Å²) in [5, 5.41) is 0.605. The van der Waals surface area contributed by atoms with Crippen molar-refractivity contribution in [1.29, 1.82) is 0 Å². The van der Waals surface area contributed by atoms with Gasteiger partial charge in [-0.25, -0.2) is 4.79 Å². The van der Waals surface area contributed by atoms with Crippen LogP contribution >= 0.6 is 11.6 Å². The largest absolute Gasteiger partial charge is 0.458 e. The lowest BCUT2D eigenvalue weighted by atomic mass is 9.93. The fraction of sp³-hybridized carbons (Fsp3) is 0.462. The molecule has 0 aromatic heterocycles. The van der Waals surface area contributed by atoms with Gasteiger partial charge in [0, 0.05) is 5.02 Å². The molecular weight excluding hydrogens is 238 g/mol. The van der Waals surface area contributed by atoms with Crippen molar-refractivity contribution in [2.75, 3.05) is 0 Å². The molecular formula is C13H18ClNO2. The predicted octanol–water partition coefficient (Wildman–Crippen LogP) is 2.86. The maximum atomic E-state index is 12.0. The number of hydrogen-bond donors (Lipinski definition) is 1. The first-order valence-corrected chi connectivity index (χ1v) is 5.79. The van der Waals surface area contributed by atoms with E-state index in [1.807, 2.05) is 20.8 Å². The summed E-state index contributed by atoms with van der Waals surface area (Å²) in [4.78, 5) is 12.0. The standard InChI is InChI=1S/C13H18ClNO2/c1-12(2,3)17-11(16)13(4,15)9-5-7-10(14)8-6-9/h5-8H,15H2,1-4H3. The quantitative estimate of drug-likeness (QED) is 0.827. The summed E-state index contributed by atoms with van der Waals surface area (Å²) in [5.74, 6) is -0.452. The first-order chi connectivity index (χ1) is 7.63. The van der Waals surface area contributed by atoms with E-state index in [2.05, 4.69) is 0 Å². The molecule has 1 unspecified atom stereocenters. The molecule has 0 fully saturated rings. The Morgan fingerprint density at radius 1 is 1.18 bits per heavy atom. The Morgan fingerprint density at radius 3 is 2.06 bits per heavy atom. The fourth-order valence-electron chi connectivity index (χ4n) is 1.30. The van der Waals surface area contributed by atoms with Crippen molar-refractivity contribution in [3.05, 3.63) is 34.9 Å². The van der Waals surface area contributed by atoms with Crippen molar-refractivity contribution in [2.24, 2.45) is 5.73 Å². The molecule has 1 aromatic carbocycles. The van der Waals surface area contributed by atoms with Crippen molar-refractivity contribution >= 4 is 17.6 Å². The van der Waals surface area contributed by atoms with Crippen LogP contribution in [0.3, 0.4) is 0 Å². The fourth-order valence-corrected chi connectivity index (χ4v) is 1.42. The van der Waals surface area contributed by atoms with Crippen LogP contribution in [0.15, 0.2) is 24.3 Å². The van der Waals surface area contributed by atoms with Crippen molar-refractivity contribution in [3.8, 4) is 0 Å². The second-order valence-electron chi connectivity index (χ2n) is 5.21. The third kappa shape index (κ3) is 3.72. The third-order valence-electron chi connectivity index (χ3n) is 2.27. The number of halogens is 1. The van der Waals surface area contributed by atoms with Gasteiger partial charge in [0.1, 0.15) is 11.1 Å². The van der Waals surface area contributed by atoms with Gasteiger partial charge < -0.3 is 10.5 Å². The topological polar surface area (TPSA) is 52.3 Å². The van der Waals surface area contributed by atoms with Crippen LogP contribution in [0.2, 0.25) is 5.02 Å². The molecule has 0 saturated heterocycles. The molecule has 2 N–H and O–H groups in total. The van der Waals surface area contributed by atoms with E-state index in [0.717, 1.165) is 0 Å². The highest BCUT2D eigenvalue weighted by molar-refractivity contribution is 6.30. The van der Waals surface area contributed by atoms with Crippen LogP contribution < -0.4 is 5.73 Å². The maximum absolute atomic E-state index is 12.0. The molecule has 0 aliphatic rings. The van der Waals surface area contributed by atoms with Crippen LogP contribution in [0.5, 0.6) is 0 Å². The number of rotatable bonds is 2. The predicted molar refractivity (Wildman–Crippen MR) is 68.8 cm³/mol. The van der Waals surface area contributed by atoms with E-state index in [0.29, 0.717) is 10.6 Å². The van der Waals surface area contributed by atoms with Gasteiger partial charge >= 0.3 is 5.97 Å². The Bertz CT molecular complexity index is 404. The summed E-state index contributed by atoms with van der Waals surface area (Å²) in [6.07, 6.45) is 0. The molecule has 0 radical (unpaired) electrons. The number of carbonyl (C=O) groups is 1. The van der Waals surface area contributed by atoms with E-state index in [4.69, 9.17) is 22.1 Å². The van der Waals surface area contributed by atoms with E-state index >= 15 is 0 Å². The van der Waals surface area contributed by atoms with Gasteiger partial charge in [-0.1, -0.05) is 23.7 Å². The van der Waals surface area contributed by atoms with Crippen LogP contribution in [0, 0.1) is 0 Å². The highest BCUT2D eigenvalue weighted by Crippen LogP contribution is 2.23. The average molecular weight is 256 g/mol. The normalized spacial score (nSPS) is 15.2. The monoisotopic (exact) mass is 255 g/mol. The summed E-state index contributed by atoms with van der Waals surface area (Å²) in [7, 11) is 0. The van der Waals surface area contributed by atoms with Crippen LogP contribution in [-0.2, 0) is 15.1 Å². The number of esters is 1. The minimum atomic E-state index is -1.17. The third-order valence-corrected chi connectivity index (χ3v) is 2.52. The molecule has 0 amide bonds. The molecule has 0 spiro atoms. The second-order valence-corrected chi connectivity index (χ2v) is 5.65. The van der Waals surface area contributed by atoms with Gasteiger partial charge in [-0.15, -0.1) is 0 Å². The highest BCUT2D eigenvalue weighted by Gasteiger charge is 2.34. The van der Waals surface area contributed by atoms with E-state index in [1.165, 1.54) is 0 Å². The zero-order valence-electron chi connectivity index (χ0n) is 10.6. The van der Waals surface area contributed by atoms with Crippen LogP contribution in [0.4, 0.5) is 0 Å². The number of ether oxygens (including phenoxy) is 1. The summed E-state index contributed by atoms with van der Waals surface area (Å²) in [6.45, 7) is 7.05. The molecule has 94 valence electrons. The lowest BCUT2D eigenvalue weighted by Gasteiger charge is -2.28. The molecule has 3 nitrogen and oxygen atoms in total. The molecule has 1 atom stereocenters. The maximum Gasteiger partial charge on any atom is 0.331 e. The SMILES string of the molecule is CC(C)(C)OC(=O)C(C)(N)c1ccc(Cl)cc1. The first-order valence-electron chi connectivity index (χ1n) is 5.41. The van der Waals surface area contributed by atoms with Gasteiger partial charge in [0.2, 0.25) is 0 Å². The van der Waals surface area contributed by atoms with Gasteiger partial charge in [0.15, 0.2) is 0 Å². The molecule has 4 heteroatoms. The molecule has 1 rings (SSSR count). The molecule has 0 aliphatic heterocycles. The van der Waals surface area contributed by atoms with Crippen LogP contribution in [0.25, 0.3) is 0 Å². The summed E-state index contributed by atoms with van der Waals surface area (Å²) < 4.78 is 5.29. The van der Waals surface area contributed by atoms with Gasteiger partial charge in [-0.05, 0) is 45.4 Å². The minimum absolute atomic E-state index is 0.452. The Kier molecular flexibility index (Phi) is 3.84. The van der Waals surface area contributed by atoms with Crippen molar-refractivity contribution in [1.82, 2.24) is 0 Å². The second kappa shape index (κ2) is 4.67. The molecule has 0 aliphatic carbocycles. The highest BCUT2D eigenvalue weighted by atomic mass is 35.5. The lowest BCUT2D eigenvalue weighted by Crippen LogP contribution is -2.45. The van der Waals surface area contributed by atoms with Gasteiger partial charge in [0.25, 0.3) is 0 Å². The van der Waals surface area contributed by atoms with Gasteiger partial charge in [-0.2, -0.15) is 0 Å². The lowest BCUT2D eigenvalue weighted by molar-refractivity contribution is -0.161. The number of carbonyl (C=O) groups excluding carboxylic acids is 1. The van der Waals surface area contributed by atoms with E-state index < -0.39 is 17.1 Å². The Morgan fingerprint density at radius 2 is 1.65 bits per heavy atom. The number of hydrogen-bond acceptors (Lipinski definition) is 3. The molecule has 17 heavy (non-hydrogen) atoms. The van der Waals surface area contributed by atoms with Crippen molar-refractivity contribution in [3.63, 3.8) is 0 Å². The number of benzene rings is 1. The van der Waals surface area contributed by atoms with E-state index in [-0.39, 0.29) is 0 Å². The zero-order chi connectivity index (χ0) is 13.3. The van der Waals surface area contributed by atoms with E-state index in [9.17, 15) is 4.79 Å². The Hall–Kier alpha value is -1.06. The summed E-state index contributed by atoms with van der Waals surface area (Å²) >= 11 is 5.79. The molecule has 0 bridgehead atoms. The average Bonchev–Trinajstić information content (AvgIpc) is 2.15. The van der Waals surface area contributed by atoms with Crippen molar-refractivity contribution in [2.45, 2.75) is 38.8 Å².